The summed E-state index contributed by atoms with van der Waals surface area (Å²) in [5.41, 5.74) is 0.546. The Hall–Kier alpha value is -0.340. The molecule has 0 bridgehead atoms. The molecule has 2 aliphatic rings. The van der Waals surface area contributed by atoms with Crippen LogP contribution in [0.1, 0.15) is 44.0 Å². The molecular formula is C13H19NS. The van der Waals surface area contributed by atoms with Gasteiger partial charge in [-0.25, -0.2) is 0 Å². The van der Waals surface area contributed by atoms with E-state index in [1.165, 1.54) is 19.3 Å². The minimum Gasteiger partial charge on any atom is -0.306 e. The van der Waals surface area contributed by atoms with Gasteiger partial charge in [-0.3, -0.25) is 0 Å². The summed E-state index contributed by atoms with van der Waals surface area (Å²) in [5.74, 6) is 0.917. The second-order valence-electron chi connectivity index (χ2n) is 5.74. The highest BCUT2D eigenvalue weighted by Crippen LogP contribution is 2.49. The summed E-state index contributed by atoms with van der Waals surface area (Å²) in [6.45, 7) is 4.73. The van der Waals surface area contributed by atoms with Crippen LogP contribution >= 0.6 is 11.3 Å². The Kier molecular flexibility index (Phi) is 2.18. The van der Waals surface area contributed by atoms with E-state index in [0.29, 0.717) is 11.5 Å². The van der Waals surface area contributed by atoms with Crippen LogP contribution in [0, 0.1) is 11.3 Å². The Morgan fingerprint density at radius 3 is 2.67 bits per heavy atom. The van der Waals surface area contributed by atoms with Crippen molar-refractivity contribution in [3.63, 3.8) is 0 Å². The summed E-state index contributed by atoms with van der Waals surface area (Å²) in [4.78, 5) is 1.54. The molecule has 1 aromatic rings. The lowest BCUT2D eigenvalue weighted by Crippen LogP contribution is -2.27. The average molecular weight is 221 g/mol. The molecule has 0 aliphatic heterocycles. The van der Waals surface area contributed by atoms with E-state index in [1.54, 1.807) is 4.88 Å². The van der Waals surface area contributed by atoms with Crippen molar-refractivity contribution in [2.24, 2.45) is 11.3 Å². The Bertz CT molecular complexity index is 337. The van der Waals surface area contributed by atoms with Crippen LogP contribution in [0.4, 0.5) is 0 Å². The zero-order valence-electron chi connectivity index (χ0n) is 9.49. The van der Waals surface area contributed by atoms with E-state index in [0.717, 1.165) is 12.0 Å². The lowest BCUT2D eigenvalue weighted by atomic mass is 10.1. The Morgan fingerprint density at radius 2 is 2.20 bits per heavy atom. The van der Waals surface area contributed by atoms with Gasteiger partial charge in [0.15, 0.2) is 0 Å². The van der Waals surface area contributed by atoms with Crippen molar-refractivity contribution in [1.82, 2.24) is 5.32 Å². The number of rotatable bonds is 4. The highest BCUT2D eigenvalue weighted by atomic mass is 32.1. The first kappa shape index (κ1) is 9.86. The maximum atomic E-state index is 3.86. The van der Waals surface area contributed by atoms with Crippen molar-refractivity contribution in [1.29, 1.82) is 0 Å². The number of hydrogen-bond donors (Lipinski definition) is 1. The number of nitrogens with one attached hydrogen (secondary N) is 1. The first-order chi connectivity index (χ1) is 7.17. The fraction of sp³-hybridized carbons (Fsp3) is 0.692. The second kappa shape index (κ2) is 3.33. The van der Waals surface area contributed by atoms with Crippen molar-refractivity contribution in [2.75, 3.05) is 0 Å². The molecule has 2 saturated carbocycles. The molecule has 0 radical (unpaired) electrons. The van der Waals surface area contributed by atoms with Crippen LogP contribution in [0.3, 0.4) is 0 Å². The molecule has 2 heteroatoms. The third kappa shape index (κ3) is 1.98. The van der Waals surface area contributed by atoms with E-state index in [2.05, 4.69) is 36.7 Å². The summed E-state index contributed by atoms with van der Waals surface area (Å²) in [7, 11) is 0. The van der Waals surface area contributed by atoms with E-state index in [1.807, 2.05) is 11.3 Å². The maximum Gasteiger partial charge on any atom is 0.0445 e. The molecule has 0 aromatic carbocycles. The van der Waals surface area contributed by atoms with Gasteiger partial charge < -0.3 is 5.32 Å². The standard InChI is InChI=1S/C13H19NS/c1-13(2)8-11(13)14-12(9-5-6-9)10-4-3-7-15-10/h3-4,7,9,11-12,14H,5-6,8H2,1-2H3. The quantitative estimate of drug-likeness (QED) is 0.819. The zero-order valence-corrected chi connectivity index (χ0v) is 10.3. The predicted molar refractivity (Wildman–Crippen MR) is 65.1 cm³/mol. The molecule has 2 aliphatic carbocycles. The zero-order chi connectivity index (χ0) is 10.5. The summed E-state index contributed by atoms with van der Waals surface area (Å²) in [5, 5.41) is 6.05. The first-order valence-corrected chi connectivity index (χ1v) is 6.84. The van der Waals surface area contributed by atoms with Crippen LogP contribution in [0.5, 0.6) is 0 Å². The third-order valence-corrected chi connectivity index (χ3v) is 4.79. The highest BCUT2D eigenvalue weighted by molar-refractivity contribution is 7.10. The lowest BCUT2D eigenvalue weighted by Gasteiger charge is -2.18. The van der Waals surface area contributed by atoms with Crippen molar-refractivity contribution >= 4 is 11.3 Å². The molecule has 0 amide bonds. The molecule has 0 spiro atoms. The minimum atomic E-state index is 0.546. The molecule has 0 saturated heterocycles. The number of thiophene rings is 1. The predicted octanol–water partition coefficient (Wildman–Crippen LogP) is 3.59. The molecule has 82 valence electrons. The monoisotopic (exact) mass is 221 g/mol. The van der Waals surface area contributed by atoms with Crippen molar-refractivity contribution in [3.8, 4) is 0 Å². The smallest absolute Gasteiger partial charge is 0.0445 e. The normalized spacial score (nSPS) is 30.1. The molecule has 1 N–H and O–H groups in total. The van der Waals surface area contributed by atoms with Gasteiger partial charge in [-0.05, 0) is 42.0 Å². The van der Waals surface area contributed by atoms with Gasteiger partial charge in [0, 0.05) is 17.0 Å². The third-order valence-electron chi connectivity index (χ3n) is 3.84. The van der Waals surface area contributed by atoms with Crippen LogP contribution in [0.15, 0.2) is 17.5 Å². The summed E-state index contributed by atoms with van der Waals surface area (Å²) >= 11 is 1.91. The van der Waals surface area contributed by atoms with Crippen molar-refractivity contribution in [2.45, 2.75) is 45.2 Å². The SMILES string of the molecule is CC1(C)CC1NC(c1cccs1)C1CC1. The van der Waals surface area contributed by atoms with Gasteiger partial charge in [0.05, 0.1) is 0 Å². The Labute approximate surface area is 95.9 Å². The van der Waals surface area contributed by atoms with Crippen LogP contribution < -0.4 is 5.32 Å². The molecule has 1 nitrogen and oxygen atoms in total. The van der Waals surface area contributed by atoms with E-state index >= 15 is 0 Å². The molecule has 2 atom stereocenters. The van der Waals surface area contributed by atoms with Gasteiger partial charge in [-0.2, -0.15) is 0 Å². The summed E-state index contributed by atoms with van der Waals surface area (Å²) < 4.78 is 0. The van der Waals surface area contributed by atoms with Crippen LogP contribution in [0.25, 0.3) is 0 Å². The second-order valence-corrected chi connectivity index (χ2v) is 6.72. The average Bonchev–Trinajstić information content (AvgIpc) is 3.03. The van der Waals surface area contributed by atoms with Gasteiger partial charge >= 0.3 is 0 Å². The fourth-order valence-corrected chi connectivity index (χ4v) is 3.20. The largest absolute Gasteiger partial charge is 0.306 e. The number of hydrogen-bond acceptors (Lipinski definition) is 2. The Morgan fingerprint density at radius 1 is 1.47 bits per heavy atom. The van der Waals surface area contributed by atoms with Gasteiger partial charge in [-0.1, -0.05) is 19.9 Å². The van der Waals surface area contributed by atoms with E-state index in [-0.39, 0.29) is 0 Å². The highest BCUT2D eigenvalue weighted by Gasteiger charge is 2.48. The van der Waals surface area contributed by atoms with Crippen LogP contribution in [-0.2, 0) is 0 Å². The first-order valence-electron chi connectivity index (χ1n) is 5.96. The molecule has 1 heterocycles. The van der Waals surface area contributed by atoms with Gasteiger partial charge in [0.1, 0.15) is 0 Å². The molecule has 1 aromatic heterocycles. The molecule has 2 fully saturated rings. The van der Waals surface area contributed by atoms with Gasteiger partial charge in [0.2, 0.25) is 0 Å². The maximum absolute atomic E-state index is 3.86. The molecule has 15 heavy (non-hydrogen) atoms. The van der Waals surface area contributed by atoms with Gasteiger partial charge in [-0.15, -0.1) is 11.3 Å². The van der Waals surface area contributed by atoms with Crippen molar-refractivity contribution < 1.29 is 0 Å². The summed E-state index contributed by atoms with van der Waals surface area (Å²) in [6.07, 6.45) is 4.19. The summed E-state index contributed by atoms with van der Waals surface area (Å²) in [6, 6.07) is 5.87. The molecule has 2 unspecified atom stereocenters. The van der Waals surface area contributed by atoms with Crippen LogP contribution in [-0.4, -0.2) is 6.04 Å². The Balaban J connectivity index is 1.70. The topological polar surface area (TPSA) is 12.0 Å². The van der Waals surface area contributed by atoms with Gasteiger partial charge in [0.25, 0.3) is 0 Å². The van der Waals surface area contributed by atoms with Crippen LogP contribution in [0.2, 0.25) is 0 Å². The van der Waals surface area contributed by atoms with E-state index in [9.17, 15) is 0 Å². The van der Waals surface area contributed by atoms with E-state index < -0.39 is 0 Å². The molecule has 3 rings (SSSR count). The lowest BCUT2D eigenvalue weighted by molar-refractivity contribution is 0.441. The minimum absolute atomic E-state index is 0.546. The molecular weight excluding hydrogens is 202 g/mol. The van der Waals surface area contributed by atoms with E-state index in [4.69, 9.17) is 0 Å². The fourth-order valence-electron chi connectivity index (χ4n) is 2.32. The van der Waals surface area contributed by atoms with Crippen molar-refractivity contribution in [3.05, 3.63) is 22.4 Å².